The van der Waals surface area contributed by atoms with Crippen LogP contribution in [0.2, 0.25) is 0 Å². The molecule has 0 aliphatic carbocycles. The zero-order valence-electron chi connectivity index (χ0n) is 9.98. The molecule has 0 aliphatic heterocycles. The number of benzene rings is 2. The predicted octanol–water partition coefficient (Wildman–Crippen LogP) is 4.40. The Kier molecular flexibility index (Phi) is 3.86. The first kappa shape index (κ1) is 12.5. The Morgan fingerprint density at radius 2 is 1.89 bits per heavy atom. The number of hydrogen-bond donors (Lipinski definition) is 0. The van der Waals surface area contributed by atoms with Crippen molar-refractivity contribution in [2.45, 2.75) is 12.8 Å². The zero-order valence-corrected chi connectivity index (χ0v) is 10.7. The van der Waals surface area contributed by atoms with Gasteiger partial charge in [-0.25, -0.2) is 0 Å². The Balaban J connectivity index is 2.29. The molecule has 0 amide bonds. The summed E-state index contributed by atoms with van der Waals surface area (Å²) in [5.74, 6) is 1.66. The van der Waals surface area contributed by atoms with Crippen molar-refractivity contribution >= 4 is 11.6 Å². The molecule has 2 aromatic carbocycles. The maximum atomic E-state index is 9.09. The molecule has 0 aliphatic rings. The van der Waals surface area contributed by atoms with Gasteiger partial charge in [-0.2, -0.15) is 5.26 Å². The van der Waals surface area contributed by atoms with Crippen molar-refractivity contribution in [1.29, 1.82) is 5.26 Å². The van der Waals surface area contributed by atoms with Crippen LogP contribution >= 0.6 is 11.6 Å². The molecule has 2 nitrogen and oxygen atoms in total. The van der Waals surface area contributed by atoms with E-state index in [1.54, 1.807) is 12.1 Å². The van der Waals surface area contributed by atoms with Gasteiger partial charge in [-0.1, -0.05) is 23.8 Å². The highest BCUT2D eigenvalue weighted by Crippen LogP contribution is 2.26. The van der Waals surface area contributed by atoms with Crippen molar-refractivity contribution in [2.75, 3.05) is 0 Å². The summed E-state index contributed by atoms with van der Waals surface area (Å²) < 4.78 is 5.69. The fourth-order valence-electron chi connectivity index (χ4n) is 1.57. The number of rotatable bonds is 3. The highest BCUT2D eigenvalue weighted by Gasteiger charge is 2.05. The molecule has 0 atom stereocenters. The Morgan fingerprint density at radius 1 is 1.17 bits per heavy atom. The third-order valence-corrected chi connectivity index (χ3v) is 2.88. The van der Waals surface area contributed by atoms with E-state index in [0.29, 0.717) is 17.2 Å². The molecule has 0 saturated carbocycles. The molecule has 0 fully saturated rings. The summed E-state index contributed by atoms with van der Waals surface area (Å²) in [5, 5.41) is 9.09. The third kappa shape index (κ3) is 2.82. The fourth-order valence-corrected chi connectivity index (χ4v) is 1.74. The highest BCUT2D eigenvalue weighted by molar-refractivity contribution is 6.17. The Hall–Kier alpha value is -1.98. The smallest absolute Gasteiger partial charge is 0.145 e. The molecule has 18 heavy (non-hydrogen) atoms. The molecular formula is C15H12ClNO. The molecule has 0 unspecified atom stereocenters. The lowest BCUT2D eigenvalue weighted by molar-refractivity contribution is 0.481. The predicted molar refractivity (Wildman–Crippen MR) is 72.0 cm³/mol. The maximum Gasteiger partial charge on any atom is 0.145 e. The molecule has 0 saturated heterocycles. The largest absolute Gasteiger partial charge is 0.456 e. The first-order valence-corrected chi connectivity index (χ1v) is 6.10. The van der Waals surface area contributed by atoms with Crippen molar-refractivity contribution < 1.29 is 4.74 Å². The maximum absolute atomic E-state index is 9.09. The minimum Gasteiger partial charge on any atom is -0.456 e. The van der Waals surface area contributed by atoms with Gasteiger partial charge in [0.1, 0.15) is 17.6 Å². The second-order valence-corrected chi connectivity index (χ2v) is 4.26. The summed E-state index contributed by atoms with van der Waals surface area (Å²) >= 11 is 5.74. The van der Waals surface area contributed by atoms with Gasteiger partial charge in [0.2, 0.25) is 0 Å². The lowest BCUT2D eigenvalue weighted by atomic mass is 10.1. The van der Waals surface area contributed by atoms with Gasteiger partial charge in [0.15, 0.2) is 0 Å². The molecular weight excluding hydrogens is 246 g/mol. The quantitative estimate of drug-likeness (QED) is 0.764. The summed E-state index contributed by atoms with van der Waals surface area (Å²) in [6, 6.07) is 15.2. The van der Waals surface area contributed by atoms with Crippen LogP contribution in [0.3, 0.4) is 0 Å². The number of nitriles is 1. The van der Waals surface area contributed by atoms with Crippen LogP contribution in [0.25, 0.3) is 0 Å². The Bertz CT molecular complexity index is 584. The van der Waals surface area contributed by atoms with Gasteiger partial charge in [0, 0.05) is 5.88 Å². The standard InChI is InChI=1S/C15H12ClNO/c1-11-2-5-14(6-3-11)18-15-7-4-12(9-16)8-13(15)10-17/h2-8H,9H2,1H3. The number of ether oxygens (including phenoxy) is 1. The average Bonchev–Trinajstić information content (AvgIpc) is 2.41. The Morgan fingerprint density at radius 3 is 2.50 bits per heavy atom. The van der Waals surface area contributed by atoms with E-state index in [2.05, 4.69) is 6.07 Å². The van der Waals surface area contributed by atoms with E-state index in [0.717, 1.165) is 11.3 Å². The van der Waals surface area contributed by atoms with Crippen LogP contribution in [0.15, 0.2) is 42.5 Å². The minimum absolute atomic E-state index is 0.388. The van der Waals surface area contributed by atoms with E-state index >= 15 is 0 Å². The number of aryl methyl sites for hydroxylation is 1. The van der Waals surface area contributed by atoms with Gasteiger partial charge >= 0.3 is 0 Å². The van der Waals surface area contributed by atoms with E-state index < -0.39 is 0 Å². The summed E-state index contributed by atoms with van der Waals surface area (Å²) in [7, 11) is 0. The fraction of sp³-hybridized carbons (Fsp3) is 0.133. The van der Waals surface area contributed by atoms with Crippen LogP contribution in [0.5, 0.6) is 11.5 Å². The topological polar surface area (TPSA) is 33.0 Å². The third-order valence-electron chi connectivity index (χ3n) is 2.57. The van der Waals surface area contributed by atoms with Crippen molar-refractivity contribution in [3.05, 3.63) is 59.2 Å². The molecule has 0 heterocycles. The van der Waals surface area contributed by atoms with Crippen LogP contribution in [0.4, 0.5) is 0 Å². The van der Waals surface area contributed by atoms with E-state index in [9.17, 15) is 0 Å². The number of halogens is 1. The second kappa shape index (κ2) is 5.57. The zero-order chi connectivity index (χ0) is 13.0. The van der Waals surface area contributed by atoms with Gasteiger partial charge < -0.3 is 4.74 Å². The van der Waals surface area contributed by atoms with E-state index in [4.69, 9.17) is 21.6 Å². The second-order valence-electron chi connectivity index (χ2n) is 3.99. The number of alkyl halides is 1. The Labute approximate surface area is 111 Å². The van der Waals surface area contributed by atoms with Crippen LogP contribution in [0.1, 0.15) is 16.7 Å². The number of hydrogen-bond acceptors (Lipinski definition) is 2. The van der Waals surface area contributed by atoms with Crippen LogP contribution in [0, 0.1) is 18.3 Å². The summed E-state index contributed by atoms with van der Waals surface area (Å²) in [5.41, 5.74) is 2.57. The molecule has 0 spiro atoms. The lowest BCUT2D eigenvalue weighted by Crippen LogP contribution is -1.90. The van der Waals surface area contributed by atoms with Gasteiger partial charge in [-0.15, -0.1) is 11.6 Å². The lowest BCUT2D eigenvalue weighted by Gasteiger charge is -2.08. The molecule has 2 aromatic rings. The molecule has 3 heteroatoms. The van der Waals surface area contributed by atoms with Crippen molar-refractivity contribution in [2.24, 2.45) is 0 Å². The van der Waals surface area contributed by atoms with Crippen molar-refractivity contribution in [1.82, 2.24) is 0 Å². The van der Waals surface area contributed by atoms with Crippen molar-refractivity contribution in [3.8, 4) is 17.6 Å². The minimum atomic E-state index is 0.388. The number of nitrogens with zero attached hydrogens (tertiary/aromatic N) is 1. The first-order valence-electron chi connectivity index (χ1n) is 5.56. The van der Waals surface area contributed by atoms with Crippen LogP contribution in [-0.2, 0) is 5.88 Å². The van der Waals surface area contributed by atoms with E-state index in [1.807, 2.05) is 37.3 Å². The highest BCUT2D eigenvalue weighted by atomic mass is 35.5. The normalized spacial score (nSPS) is 9.83. The molecule has 2 rings (SSSR count). The molecule has 0 aromatic heterocycles. The van der Waals surface area contributed by atoms with Gasteiger partial charge in [0.25, 0.3) is 0 Å². The van der Waals surface area contributed by atoms with Crippen molar-refractivity contribution in [3.63, 3.8) is 0 Å². The SMILES string of the molecule is Cc1ccc(Oc2ccc(CCl)cc2C#N)cc1. The van der Waals surface area contributed by atoms with Gasteiger partial charge in [0.05, 0.1) is 5.56 Å². The van der Waals surface area contributed by atoms with Gasteiger partial charge in [-0.05, 0) is 36.8 Å². The molecule has 0 N–H and O–H groups in total. The van der Waals surface area contributed by atoms with E-state index in [1.165, 1.54) is 5.56 Å². The summed E-state index contributed by atoms with van der Waals surface area (Å²) in [6.45, 7) is 2.01. The molecule has 90 valence electrons. The van der Waals surface area contributed by atoms with Crippen LogP contribution < -0.4 is 4.74 Å². The first-order chi connectivity index (χ1) is 8.72. The molecule has 0 bridgehead atoms. The van der Waals surface area contributed by atoms with Gasteiger partial charge in [-0.3, -0.25) is 0 Å². The van der Waals surface area contributed by atoms with Crippen LogP contribution in [-0.4, -0.2) is 0 Å². The summed E-state index contributed by atoms with van der Waals surface area (Å²) in [6.07, 6.45) is 0. The molecule has 0 radical (unpaired) electrons. The van der Waals surface area contributed by atoms with E-state index in [-0.39, 0.29) is 0 Å². The monoisotopic (exact) mass is 257 g/mol. The average molecular weight is 258 g/mol. The summed E-state index contributed by atoms with van der Waals surface area (Å²) in [4.78, 5) is 0.